The van der Waals surface area contributed by atoms with Crippen molar-refractivity contribution in [3.63, 3.8) is 0 Å². The molecule has 0 heterocycles. The van der Waals surface area contributed by atoms with E-state index in [4.69, 9.17) is 21.4 Å². The van der Waals surface area contributed by atoms with Gasteiger partial charge in [-0.15, -0.1) is 0 Å². The third-order valence-electron chi connectivity index (χ3n) is 2.20. The van der Waals surface area contributed by atoms with E-state index >= 15 is 0 Å². The van der Waals surface area contributed by atoms with Crippen molar-refractivity contribution < 1.29 is 14.6 Å². The molecular weight excluding hydrogens is 242 g/mol. The highest BCUT2D eigenvalue weighted by Gasteiger charge is 2.15. The van der Waals surface area contributed by atoms with Crippen LogP contribution in [0, 0.1) is 0 Å². The largest absolute Gasteiger partial charge is 0.478 e. The Morgan fingerprint density at radius 2 is 2.29 bits per heavy atom. The van der Waals surface area contributed by atoms with Crippen LogP contribution in [0.4, 0.5) is 5.69 Å². The van der Waals surface area contributed by atoms with Gasteiger partial charge in [-0.2, -0.15) is 0 Å². The van der Waals surface area contributed by atoms with E-state index in [2.05, 4.69) is 5.32 Å². The molecule has 0 aliphatic heterocycles. The molecule has 0 saturated carbocycles. The highest BCUT2D eigenvalue weighted by Crippen LogP contribution is 2.24. The second kappa shape index (κ2) is 6.47. The lowest BCUT2D eigenvalue weighted by atomic mass is 10.1. The Labute approximate surface area is 106 Å². The minimum absolute atomic E-state index is 0.0199. The molecule has 0 saturated heterocycles. The summed E-state index contributed by atoms with van der Waals surface area (Å²) in [7, 11) is 0. The van der Waals surface area contributed by atoms with Gasteiger partial charge in [0.25, 0.3) is 0 Å². The minimum atomic E-state index is -1.04. The van der Waals surface area contributed by atoms with Crippen LogP contribution < -0.4 is 5.32 Å². The number of ether oxygens (including phenoxy) is 1. The number of carboxylic acids is 1. The molecule has 1 aromatic carbocycles. The molecule has 0 spiro atoms. The molecule has 0 amide bonds. The lowest BCUT2D eigenvalue weighted by molar-refractivity contribution is 0.0698. The zero-order valence-corrected chi connectivity index (χ0v) is 10.6. The van der Waals surface area contributed by atoms with Gasteiger partial charge in [0, 0.05) is 12.6 Å². The molecule has 94 valence electrons. The van der Waals surface area contributed by atoms with Crippen LogP contribution >= 0.6 is 11.6 Å². The SMILES string of the molecule is CCOCC(C)Nc1cccc(Cl)c1C(=O)O. The number of benzene rings is 1. The number of hydrogen-bond donors (Lipinski definition) is 2. The maximum atomic E-state index is 11.1. The van der Waals surface area contributed by atoms with Crippen molar-refractivity contribution in [2.75, 3.05) is 18.5 Å². The molecule has 5 heteroatoms. The van der Waals surface area contributed by atoms with Crippen LogP contribution in [0.5, 0.6) is 0 Å². The maximum Gasteiger partial charge on any atom is 0.339 e. The van der Waals surface area contributed by atoms with Crippen LogP contribution in [-0.4, -0.2) is 30.3 Å². The van der Waals surface area contributed by atoms with E-state index in [-0.39, 0.29) is 16.6 Å². The summed E-state index contributed by atoms with van der Waals surface area (Å²) in [5.74, 6) is -1.04. The summed E-state index contributed by atoms with van der Waals surface area (Å²) in [6, 6.07) is 4.98. The van der Waals surface area contributed by atoms with Gasteiger partial charge in [0.1, 0.15) is 5.56 Å². The van der Waals surface area contributed by atoms with Crippen LogP contribution in [0.15, 0.2) is 18.2 Å². The molecule has 1 rings (SSSR count). The van der Waals surface area contributed by atoms with Crippen LogP contribution in [0.3, 0.4) is 0 Å². The van der Waals surface area contributed by atoms with Gasteiger partial charge in [0.05, 0.1) is 17.3 Å². The Kier molecular flexibility index (Phi) is 5.25. The van der Waals surface area contributed by atoms with Crippen LogP contribution in [0.25, 0.3) is 0 Å². The zero-order valence-electron chi connectivity index (χ0n) is 9.87. The fourth-order valence-corrected chi connectivity index (χ4v) is 1.72. The van der Waals surface area contributed by atoms with Crippen molar-refractivity contribution in [1.82, 2.24) is 0 Å². The molecule has 0 radical (unpaired) electrons. The molecule has 17 heavy (non-hydrogen) atoms. The molecule has 0 aromatic heterocycles. The standard InChI is InChI=1S/C12H16ClNO3/c1-3-17-7-8(2)14-10-6-4-5-9(13)11(10)12(15)16/h4-6,8,14H,3,7H2,1-2H3,(H,15,16). The Morgan fingerprint density at radius 1 is 1.59 bits per heavy atom. The molecular formula is C12H16ClNO3. The van der Waals surface area contributed by atoms with Crippen molar-refractivity contribution >= 4 is 23.3 Å². The molecule has 1 unspecified atom stereocenters. The van der Waals surface area contributed by atoms with Crippen molar-refractivity contribution in [1.29, 1.82) is 0 Å². The Bertz CT molecular complexity index is 395. The summed E-state index contributed by atoms with van der Waals surface area (Å²) >= 11 is 5.86. The third kappa shape index (κ3) is 3.91. The predicted octanol–water partition coefficient (Wildman–Crippen LogP) is 2.88. The smallest absolute Gasteiger partial charge is 0.339 e. The lowest BCUT2D eigenvalue weighted by Crippen LogP contribution is -2.23. The van der Waals surface area contributed by atoms with Gasteiger partial charge in [-0.1, -0.05) is 17.7 Å². The number of carboxylic acid groups (broad SMARTS) is 1. The van der Waals surface area contributed by atoms with Gasteiger partial charge in [-0.3, -0.25) is 0 Å². The average molecular weight is 258 g/mol. The molecule has 0 fully saturated rings. The van der Waals surface area contributed by atoms with Gasteiger partial charge in [0.15, 0.2) is 0 Å². The summed E-state index contributed by atoms with van der Waals surface area (Å²) in [5, 5.41) is 12.4. The van der Waals surface area contributed by atoms with E-state index < -0.39 is 5.97 Å². The van der Waals surface area contributed by atoms with Crippen LogP contribution in [0.2, 0.25) is 5.02 Å². The second-order valence-electron chi connectivity index (χ2n) is 3.67. The Balaban J connectivity index is 2.83. The van der Waals surface area contributed by atoms with Gasteiger partial charge < -0.3 is 15.2 Å². The summed E-state index contributed by atoms with van der Waals surface area (Å²) in [6.07, 6.45) is 0. The molecule has 2 N–H and O–H groups in total. The highest BCUT2D eigenvalue weighted by atomic mass is 35.5. The first-order valence-electron chi connectivity index (χ1n) is 5.42. The van der Waals surface area contributed by atoms with Gasteiger partial charge in [0.2, 0.25) is 0 Å². The van der Waals surface area contributed by atoms with Crippen LogP contribution in [0.1, 0.15) is 24.2 Å². The van der Waals surface area contributed by atoms with Crippen LogP contribution in [-0.2, 0) is 4.74 Å². The first-order valence-corrected chi connectivity index (χ1v) is 5.80. The summed E-state index contributed by atoms with van der Waals surface area (Å²) in [5.41, 5.74) is 0.606. The molecule has 0 aliphatic carbocycles. The Hall–Kier alpha value is -1.26. The topological polar surface area (TPSA) is 58.6 Å². The van der Waals surface area contributed by atoms with E-state index in [1.807, 2.05) is 13.8 Å². The number of nitrogens with one attached hydrogen (secondary N) is 1. The number of hydrogen-bond acceptors (Lipinski definition) is 3. The lowest BCUT2D eigenvalue weighted by Gasteiger charge is -2.17. The first kappa shape index (κ1) is 13.8. The molecule has 4 nitrogen and oxygen atoms in total. The summed E-state index contributed by atoms with van der Waals surface area (Å²) in [6.45, 7) is 4.98. The first-order chi connectivity index (χ1) is 8.06. The number of halogens is 1. The van der Waals surface area contributed by atoms with Crippen molar-refractivity contribution in [3.05, 3.63) is 28.8 Å². The fourth-order valence-electron chi connectivity index (χ4n) is 1.46. The number of aromatic carboxylic acids is 1. The number of carbonyl (C=O) groups is 1. The average Bonchev–Trinajstić information content (AvgIpc) is 2.25. The van der Waals surface area contributed by atoms with Crippen molar-refractivity contribution in [3.8, 4) is 0 Å². The van der Waals surface area contributed by atoms with E-state index in [1.54, 1.807) is 18.2 Å². The molecule has 0 bridgehead atoms. The number of rotatable bonds is 6. The normalized spacial score (nSPS) is 12.2. The monoisotopic (exact) mass is 257 g/mol. The van der Waals surface area contributed by atoms with E-state index in [0.29, 0.717) is 18.9 Å². The predicted molar refractivity (Wildman–Crippen MR) is 68.0 cm³/mol. The molecule has 1 aromatic rings. The quantitative estimate of drug-likeness (QED) is 0.823. The van der Waals surface area contributed by atoms with E-state index in [1.165, 1.54) is 0 Å². The van der Waals surface area contributed by atoms with Crippen molar-refractivity contribution in [2.24, 2.45) is 0 Å². The summed E-state index contributed by atoms with van der Waals surface area (Å²) in [4.78, 5) is 11.1. The molecule has 1 atom stereocenters. The second-order valence-corrected chi connectivity index (χ2v) is 4.08. The van der Waals surface area contributed by atoms with Gasteiger partial charge >= 0.3 is 5.97 Å². The Morgan fingerprint density at radius 3 is 2.88 bits per heavy atom. The van der Waals surface area contributed by atoms with Gasteiger partial charge in [-0.05, 0) is 26.0 Å². The van der Waals surface area contributed by atoms with E-state index in [9.17, 15) is 4.79 Å². The van der Waals surface area contributed by atoms with Gasteiger partial charge in [-0.25, -0.2) is 4.79 Å². The van der Waals surface area contributed by atoms with Crippen molar-refractivity contribution in [2.45, 2.75) is 19.9 Å². The number of anilines is 1. The summed E-state index contributed by atoms with van der Waals surface area (Å²) < 4.78 is 5.26. The fraction of sp³-hybridized carbons (Fsp3) is 0.417. The highest BCUT2D eigenvalue weighted by molar-refractivity contribution is 6.34. The molecule has 0 aliphatic rings. The zero-order chi connectivity index (χ0) is 12.8. The van der Waals surface area contributed by atoms with E-state index in [0.717, 1.165) is 0 Å². The minimum Gasteiger partial charge on any atom is -0.478 e. The maximum absolute atomic E-state index is 11.1. The third-order valence-corrected chi connectivity index (χ3v) is 2.52.